The van der Waals surface area contributed by atoms with Gasteiger partial charge in [-0.1, -0.05) is 23.7 Å². The molecule has 0 aliphatic heterocycles. The molecule has 1 aromatic rings. The van der Waals surface area contributed by atoms with Crippen LogP contribution in [0.1, 0.15) is 31.4 Å². The van der Waals surface area contributed by atoms with E-state index in [9.17, 15) is 8.42 Å². The van der Waals surface area contributed by atoms with Crippen LogP contribution in [0.15, 0.2) is 24.3 Å². The number of nitrogens with one attached hydrogen (secondary N) is 1. The van der Waals surface area contributed by atoms with Crippen LogP contribution < -0.4 is 4.72 Å². The maximum atomic E-state index is 11.7. The zero-order valence-corrected chi connectivity index (χ0v) is 11.8. The number of aliphatic hydroxyl groups is 1. The lowest BCUT2D eigenvalue weighted by atomic mass is 10.1. The first-order chi connectivity index (χ1) is 8.44. The van der Waals surface area contributed by atoms with E-state index in [-0.39, 0.29) is 18.4 Å². The van der Waals surface area contributed by atoms with Gasteiger partial charge < -0.3 is 5.11 Å². The SMILES string of the molecule is CC(NS(=O)(=O)CCCCO)c1cccc(Cl)c1. The lowest BCUT2D eigenvalue weighted by molar-refractivity contribution is 0.287. The minimum absolute atomic E-state index is 0.0133. The third-order valence-electron chi connectivity index (χ3n) is 2.53. The molecule has 1 unspecified atom stereocenters. The van der Waals surface area contributed by atoms with E-state index in [1.54, 1.807) is 25.1 Å². The fraction of sp³-hybridized carbons (Fsp3) is 0.500. The van der Waals surface area contributed by atoms with Crippen LogP contribution in [0, 0.1) is 0 Å². The third-order valence-corrected chi connectivity index (χ3v) is 4.30. The molecule has 0 amide bonds. The van der Waals surface area contributed by atoms with E-state index in [1.165, 1.54) is 0 Å². The minimum atomic E-state index is -3.32. The summed E-state index contributed by atoms with van der Waals surface area (Å²) in [6.45, 7) is 1.79. The van der Waals surface area contributed by atoms with Crippen LogP contribution in [0.4, 0.5) is 0 Å². The van der Waals surface area contributed by atoms with Gasteiger partial charge in [-0.3, -0.25) is 0 Å². The first kappa shape index (κ1) is 15.4. The second kappa shape index (κ2) is 7.09. The van der Waals surface area contributed by atoms with Gasteiger partial charge in [-0.2, -0.15) is 0 Å². The summed E-state index contributed by atoms with van der Waals surface area (Å²) in [5.74, 6) is 0.0263. The van der Waals surface area contributed by atoms with Crippen molar-refractivity contribution in [1.29, 1.82) is 0 Å². The highest BCUT2D eigenvalue weighted by Gasteiger charge is 2.15. The summed E-state index contributed by atoms with van der Waals surface area (Å²) in [5, 5.41) is 9.21. The van der Waals surface area contributed by atoms with Gasteiger partial charge in [0.2, 0.25) is 10.0 Å². The molecule has 0 aromatic heterocycles. The predicted molar refractivity (Wildman–Crippen MR) is 73.1 cm³/mol. The van der Waals surface area contributed by atoms with E-state index in [0.29, 0.717) is 17.9 Å². The lowest BCUT2D eigenvalue weighted by Crippen LogP contribution is -2.29. The molecule has 1 aromatic carbocycles. The molecule has 0 aliphatic rings. The Morgan fingerprint density at radius 2 is 2.11 bits per heavy atom. The van der Waals surface area contributed by atoms with Crippen molar-refractivity contribution in [2.75, 3.05) is 12.4 Å². The second-order valence-corrected chi connectivity index (χ2v) is 6.45. The van der Waals surface area contributed by atoms with Gasteiger partial charge in [0.05, 0.1) is 5.75 Å². The highest BCUT2D eigenvalue weighted by Crippen LogP contribution is 2.18. The van der Waals surface area contributed by atoms with Crippen LogP contribution >= 0.6 is 11.6 Å². The quantitative estimate of drug-likeness (QED) is 0.756. The Labute approximate surface area is 113 Å². The van der Waals surface area contributed by atoms with Gasteiger partial charge in [0.1, 0.15) is 0 Å². The molecule has 4 nitrogen and oxygen atoms in total. The zero-order valence-electron chi connectivity index (χ0n) is 10.3. The van der Waals surface area contributed by atoms with Gasteiger partial charge >= 0.3 is 0 Å². The molecule has 18 heavy (non-hydrogen) atoms. The van der Waals surface area contributed by atoms with Gasteiger partial charge in [-0.05, 0) is 37.5 Å². The summed E-state index contributed by atoms with van der Waals surface area (Å²) in [7, 11) is -3.32. The Balaban J connectivity index is 2.61. The summed E-state index contributed by atoms with van der Waals surface area (Å²) >= 11 is 5.86. The number of hydrogen-bond acceptors (Lipinski definition) is 3. The Hall–Kier alpha value is -0.620. The minimum Gasteiger partial charge on any atom is -0.396 e. The normalized spacial score (nSPS) is 13.5. The lowest BCUT2D eigenvalue weighted by Gasteiger charge is -2.14. The van der Waals surface area contributed by atoms with Crippen LogP contribution in [0.5, 0.6) is 0 Å². The molecule has 0 bridgehead atoms. The van der Waals surface area contributed by atoms with Crippen molar-refractivity contribution in [2.45, 2.75) is 25.8 Å². The molecule has 102 valence electrons. The van der Waals surface area contributed by atoms with E-state index < -0.39 is 10.0 Å². The Kier molecular flexibility index (Phi) is 6.08. The smallest absolute Gasteiger partial charge is 0.212 e. The maximum Gasteiger partial charge on any atom is 0.212 e. The average molecular weight is 292 g/mol. The summed E-state index contributed by atoms with van der Waals surface area (Å²) in [6, 6.07) is 6.78. The Morgan fingerprint density at radius 3 is 2.72 bits per heavy atom. The molecule has 2 N–H and O–H groups in total. The summed E-state index contributed by atoms with van der Waals surface area (Å²) in [4.78, 5) is 0. The molecule has 0 radical (unpaired) electrons. The predicted octanol–water partition coefficient (Wildman–Crippen LogP) is 2.09. The molecular formula is C12H18ClNO3S. The largest absolute Gasteiger partial charge is 0.396 e. The first-order valence-electron chi connectivity index (χ1n) is 5.81. The van der Waals surface area contributed by atoms with Crippen LogP contribution in [0.25, 0.3) is 0 Å². The molecule has 1 atom stereocenters. The van der Waals surface area contributed by atoms with Crippen LogP contribution in [-0.4, -0.2) is 25.9 Å². The maximum absolute atomic E-state index is 11.7. The monoisotopic (exact) mass is 291 g/mol. The van der Waals surface area contributed by atoms with Crippen molar-refractivity contribution < 1.29 is 13.5 Å². The number of rotatable bonds is 7. The van der Waals surface area contributed by atoms with E-state index in [1.807, 2.05) is 6.07 Å². The number of aliphatic hydroxyl groups excluding tert-OH is 1. The van der Waals surface area contributed by atoms with Crippen LogP contribution in [0.3, 0.4) is 0 Å². The molecule has 0 heterocycles. The van der Waals surface area contributed by atoms with Crippen molar-refractivity contribution in [3.05, 3.63) is 34.9 Å². The Bertz CT molecular complexity index is 476. The van der Waals surface area contributed by atoms with Crippen molar-refractivity contribution in [2.24, 2.45) is 0 Å². The Morgan fingerprint density at radius 1 is 1.39 bits per heavy atom. The molecule has 0 spiro atoms. The number of sulfonamides is 1. The number of hydrogen-bond donors (Lipinski definition) is 2. The van der Waals surface area contributed by atoms with Crippen LogP contribution in [-0.2, 0) is 10.0 Å². The first-order valence-corrected chi connectivity index (χ1v) is 7.84. The number of halogens is 1. The molecule has 0 fully saturated rings. The zero-order chi connectivity index (χ0) is 13.6. The van der Waals surface area contributed by atoms with Gasteiger partial charge in [0.25, 0.3) is 0 Å². The summed E-state index contributed by atoms with van der Waals surface area (Å²) in [6.07, 6.45) is 0.945. The van der Waals surface area contributed by atoms with Gasteiger partial charge in [-0.25, -0.2) is 13.1 Å². The topological polar surface area (TPSA) is 66.4 Å². The molecule has 0 aliphatic carbocycles. The fourth-order valence-electron chi connectivity index (χ4n) is 1.58. The third kappa shape index (κ3) is 5.35. The number of benzene rings is 1. The molecule has 6 heteroatoms. The van der Waals surface area contributed by atoms with Crippen LogP contribution in [0.2, 0.25) is 5.02 Å². The van der Waals surface area contributed by atoms with Gasteiger partial charge in [-0.15, -0.1) is 0 Å². The van der Waals surface area contributed by atoms with Crippen molar-refractivity contribution in [1.82, 2.24) is 4.72 Å². The van der Waals surface area contributed by atoms with E-state index in [0.717, 1.165) is 5.56 Å². The second-order valence-electron chi connectivity index (χ2n) is 4.14. The molecule has 0 saturated heterocycles. The van der Waals surface area contributed by atoms with Gasteiger partial charge in [0, 0.05) is 17.7 Å². The van der Waals surface area contributed by atoms with Crippen molar-refractivity contribution in [3.8, 4) is 0 Å². The molecule has 1 rings (SSSR count). The van der Waals surface area contributed by atoms with E-state index in [2.05, 4.69) is 4.72 Å². The summed E-state index contributed by atoms with van der Waals surface area (Å²) < 4.78 is 26.1. The van der Waals surface area contributed by atoms with Crippen molar-refractivity contribution in [3.63, 3.8) is 0 Å². The van der Waals surface area contributed by atoms with Gasteiger partial charge in [0.15, 0.2) is 0 Å². The standard InChI is InChI=1S/C12H18ClNO3S/c1-10(11-5-4-6-12(13)9-11)14-18(16,17)8-3-2-7-15/h4-6,9-10,14-15H,2-3,7-8H2,1H3. The molecule has 0 saturated carbocycles. The van der Waals surface area contributed by atoms with E-state index in [4.69, 9.17) is 16.7 Å². The highest BCUT2D eigenvalue weighted by atomic mass is 35.5. The fourth-order valence-corrected chi connectivity index (χ4v) is 3.15. The van der Waals surface area contributed by atoms with Crippen molar-refractivity contribution >= 4 is 21.6 Å². The summed E-state index contributed by atoms with van der Waals surface area (Å²) in [5.41, 5.74) is 0.827. The molecular weight excluding hydrogens is 274 g/mol. The number of unbranched alkanes of at least 4 members (excludes halogenated alkanes) is 1. The van der Waals surface area contributed by atoms with E-state index >= 15 is 0 Å². The highest BCUT2D eigenvalue weighted by molar-refractivity contribution is 7.89. The average Bonchev–Trinajstić information content (AvgIpc) is 2.28.